The highest BCUT2D eigenvalue weighted by molar-refractivity contribution is 7.16. The van der Waals surface area contributed by atoms with Gasteiger partial charge in [0.05, 0.1) is 16.8 Å². The molecule has 0 unspecified atom stereocenters. The zero-order chi connectivity index (χ0) is 21.0. The van der Waals surface area contributed by atoms with Crippen LogP contribution in [0.3, 0.4) is 0 Å². The van der Waals surface area contributed by atoms with Crippen LogP contribution in [0.15, 0.2) is 47.5 Å². The Bertz CT molecular complexity index is 1120. The van der Waals surface area contributed by atoms with E-state index in [1.165, 1.54) is 11.3 Å². The quantitative estimate of drug-likeness (QED) is 0.604. The Kier molecular flexibility index (Phi) is 6.84. The van der Waals surface area contributed by atoms with E-state index >= 15 is 0 Å². The van der Waals surface area contributed by atoms with E-state index in [-0.39, 0.29) is 5.91 Å². The molecule has 2 amide bonds. The first-order valence-electron chi connectivity index (χ1n) is 9.13. The average Bonchev–Trinajstić information content (AvgIpc) is 3.04. The molecule has 1 N–H and O–H groups in total. The molecule has 3 aromatic rings. The highest BCUT2D eigenvalue weighted by Gasteiger charge is 2.20. The summed E-state index contributed by atoms with van der Waals surface area (Å²) in [7, 11) is 1.58. The first kappa shape index (κ1) is 21.2. The number of nitrogens with one attached hydrogen (secondary N) is 1. The third-order valence-electron chi connectivity index (χ3n) is 4.42. The summed E-state index contributed by atoms with van der Waals surface area (Å²) in [4.78, 5) is 30.1. The summed E-state index contributed by atoms with van der Waals surface area (Å²) in [5.41, 5.74) is 2.35. The fourth-order valence-corrected chi connectivity index (χ4v) is 4.30. The molecule has 8 heteroatoms. The number of rotatable bonds is 6. The summed E-state index contributed by atoms with van der Waals surface area (Å²) in [5, 5.41) is 3.31. The molecular weight excluding hydrogens is 410 g/mol. The standard InChI is InChI=1S/C21H22ClN3O3S/c1-13-7-8-17-18(11-13)29-21(24-20(27)15-5-4-6-16(22)12-15)25(17)14(2)19(26)23-9-10-28-3/h4-8,11-12,14H,9-10H2,1-3H3,(H,23,26)/t14-/m1/s1. The molecule has 29 heavy (non-hydrogen) atoms. The summed E-state index contributed by atoms with van der Waals surface area (Å²) >= 11 is 7.37. The molecule has 6 nitrogen and oxygen atoms in total. The number of fused-ring (bicyclic) bond motifs is 1. The van der Waals surface area contributed by atoms with E-state index in [1.54, 1.807) is 42.9 Å². The highest BCUT2D eigenvalue weighted by Crippen LogP contribution is 2.22. The third kappa shape index (κ3) is 4.93. The van der Waals surface area contributed by atoms with Crippen LogP contribution in [0.4, 0.5) is 0 Å². The van der Waals surface area contributed by atoms with Crippen LogP contribution in [0.5, 0.6) is 0 Å². The number of hydrogen-bond donors (Lipinski definition) is 1. The van der Waals surface area contributed by atoms with Gasteiger partial charge in [0.25, 0.3) is 5.91 Å². The second-order valence-electron chi connectivity index (χ2n) is 6.61. The highest BCUT2D eigenvalue weighted by atomic mass is 35.5. The van der Waals surface area contributed by atoms with Crippen LogP contribution in [0.2, 0.25) is 5.02 Å². The maximum Gasteiger partial charge on any atom is 0.279 e. The number of nitrogens with zero attached hydrogens (tertiary/aromatic N) is 2. The minimum Gasteiger partial charge on any atom is -0.383 e. The summed E-state index contributed by atoms with van der Waals surface area (Å²) < 4.78 is 7.74. The van der Waals surface area contributed by atoms with Crippen LogP contribution >= 0.6 is 22.9 Å². The molecule has 0 saturated carbocycles. The molecule has 0 aliphatic heterocycles. The molecule has 152 valence electrons. The lowest BCUT2D eigenvalue weighted by Gasteiger charge is -2.15. The van der Waals surface area contributed by atoms with Gasteiger partial charge in [0, 0.05) is 24.2 Å². The number of benzene rings is 2. The monoisotopic (exact) mass is 431 g/mol. The molecule has 0 saturated heterocycles. The number of aromatic nitrogens is 1. The Balaban J connectivity index is 2.07. The van der Waals surface area contributed by atoms with Crippen molar-refractivity contribution in [1.29, 1.82) is 0 Å². The summed E-state index contributed by atoms with van der Waals surface area (Å²) in [5.74, 6) is -0.574. The van der Waals surface area contributed by atoms with E-state index in [4.69, 9.17) is 16.3 Å². The van der Waals surface area contributed by atoms with Crippen LogP contribution in [-0.4, -0.2) is 36.6 Å². The van der Waals surface area contributed by atoms with E-state index in [0.717, 1.165) is 15.8 Å². The SMILES string of the molecule is COCCNC(=O)[C@@H](C)n1c(=NC(=O)c2cccc(Cl)c2)sc2cc(C)ccc21. The maximum atomic E-state index is 12.7. The number of aryl methyl sites for hydroxylation is 1. The molecule has 1 atom stereocenters. The second kappa shape index (κ2) is 9.35. The average molecular weight is 432 g/mol. The van der Waals surface area contributed by atoms with Crippen molar-refractivity contribution in [3.05, 3.63) is 63.4 Å². The summed E-state index contributed by atoms with van der Waals surface area (Å²) in [6.07, 6.45) is 0. The Morgan fingerprint density at radius 1 is 1.28 bits per heavy atom. The fraction of sp³-hybridized carbons (Fsp3) is 0.286. The molecular formula is C21H22ClN3O3S. The number of thiazole rings is 1. The van der Waals surface area contributed by atoms with Crippen molar-refractivity contribution in [2.24, 2.45) is 4.99 Å². The van der Waals surface area contributed by atoms with Crippen molar-refractivity contribution in [3.8, 4) is 0 Å². The molecule has 0 aliphatic carbocycles. The Morgan fingerprint density at radius 3 is 2.79 bits per heavy atom. The maximum absolute atomic E-state index is 12.7. The molecule has 0 fully saturated rings. The lowest BCUT2D eigenvalue weighted by atomic mass is 10.2. The summed E-state index contributed by atoms with van der Waals surface area (Å²) in [6, 6.07) is 12.1. The second-order valence-corrected chi connectivity index (χ2v) is 8.06. The van der Waals surface area contributed by atoms with E-state index in [0.29, 0.717) is 28.5 Å². The van der Waals surface area contributed by atoms with Gasteiger partial charge in [0.15, 0.2) is 4.80 Å². The molecule has 3 rings (SSSR count). The predicted octanol–water partition coefficient (Wildman–Crippen LogP) is 3.73. The molecule has 1 aromatic heterocycles. The number of carbonyl (C=O) groups is 2. The fourth-order valence-electron chi connectivity index (χ4n) is 2.92. The normalized spacial score (nSPS) is 12.9. The molecule has 0 radical (unpaired) electrons. The zero-order valence-electron chi connectivity index (χ0n) is 16.4. The van der Waals surface area contributed by atoms with Crippen molar-refractivity contribution >= 4 is 45.0 Å². The first-order valence-corrected chi connectivity index (χ1v) is 10.3. The molecule has 2 aromatic carbocycles. The van der Waals surface area contributed by atoms with Crippen molar-refractivity contribution in [1.82, 2.24) is 9.88 Å². The van der Waals surface area contributed by atoms with E-state index in [1.807, 2.05) is 25.1 Å². The van der Waals surface area contributed by atoms with Crippen LogP contribution in [0.1, 0.15) is 28.9 Å². The van der Waals surface area contributed by atoms with E-state index < -0.39 is 11.9 Å². The topological polar surface area (TPSA) is 72.7 Å². The van der Waals surface area contributed by atoms with Gasteiger partial charge in [-0.05, 0) is 49.7 Å². The number of amides is 2. The number of carbonyl (C=O) groups excluding carboxylic acids is 2. The third-order valence-corrected chi connectivity index (χ3v) is 5.68. The number of methoxy groups -OCH3 is 1. The van der Waals surface area contributed by atoms with Gasteiger partial charge in [-0.3, -0.25) is 9.59 Å². The zero-order valence-corrected chi connectivity index (χ0v) is 18.0. The van der Waals surface area contributed by atoms with Gasteiger partial charge in [-0.15, -0.1) is 0 Å². The number of ether oxygens (including phenoxy) is 1. The van der Waals surface area contributed by atoms with Crippen LogP contribution in [0, 0.1) is 6.92 Å². The molecule has 1 heterocycles. The van der Waals surface area contributed by atoms with Gasteiger partial charge in [-0.1, -0.05) is 35.1 Å². The van der Waals surface area contributed by atoms with Crippen molar-refractivity contribution in [2.75, 3.05) is 20.3 Å². The van der Waals surface area contributed by atoms with Gasteiger partial charge < -0.3 is 14.6 Å². The van der Waals surface area contributed by atoms with E-state index in [2.05, 4.69) is 10.3 Å². The van der Waals surface area contributed by atoms with Crippen LogP contribution in [-0.2, 0) is 9.53 Å². The van der Waals surface area contributed by atoms with Gasteiger partial charge >= 0.3 is 0 Å². The predicted molar refractivity (Wildman–Crippen MR) is 115 cm³/mol. The Hall–Kier alpha value is -2.48. The van der Waals surface area contributed by atoms with Crippen molar-refractivity contribution in [2.45, 2.75) is 19.9 Å². The lowest BCUT2D eigenvalue weighted by Crippen LogP contribution is -2.36. The van der Waals surface area contributed by atoms with Crippen LogP contribution in [0.25, 0.3) is 10.2 Å². The van der Waals surface area contributed by atoms with Crippen LogP contribution < -0.4 is 10.1 Å². The minimum atomic E-state index is -0.547. The van der Waals surface area contributed by atoms with Crippen molar-refractivity contribution < 1.29 is 14.3 Å². The Labute approximate surface area is 177 Å². The van der Waals surface area contributed by atoms with Crippen molar-refractivity contribution in [3.63, 3.8) is 0 Å². The Morgan fingerprint density at radius 2 is 2.07 bits per heavy atom. The molecule has 0 bridgehead atoms. The smallest absolute Gasteiger partial charge is 0.279 e. The largest absolute Gasteiger partial charge is 0.383 e. The van der Waals surface area contributed by atoms with Gasteiger partial charge in [0.1, 0.15) is 6.04 Å². The summed E-state index contributed by atoms with van der Waals surface area (Å²) in [6.45, 7) is 4.63. The molecule has 0 spiro atoms. The first-order chi connectivity index (χ1) is 13.9. The van der Waals surface area contributed by atoms with E-state index in [9.17, 15) is 9.59 Å². The minimum absolute atomic E-state index is 0.168. The number of halogens is 1. The molecule has 0 aliphatic rings. The van der Waals surface area contributed by atoms with Gasteiger partial charge in [-0.25, -0.2) is 0 Å². The van der Waals surface area contributed by atoms with Gasteiger partial charge in [0.2, 0.25) is 5.91 Å². The lowest BCUT2D eigenvalue weighted by molar-refractivity contribution is -0.124. The van der Waals surface area contributed by atoms with Gasteiger partial charge in [-0.2, -0.15) is 4.99 Å². The number of hydrogen-bond acceptors (Lipinski definition) is 4.